The van der Waals surface area contributed by atoms with Crippen LogP contribution in [0, 0.1) is 0 Å². The molecule has 1 heterocycles. The Kier molecular flexibility index (Phi) is 3.64. The van der Waals surface area contributed by atoms with E-state index in [0.29, 0.717) is 13.0 Å². The Balaban J connectivity index is 0.000000490. The van der Waals surface area contributed by atoms with Crippen LogP contribution in [0.1, 0.15) is 6.42 Å². The van der Waals surface area contributed by atoms with Gasteiger partial charge in [-0.15, -0.1) is 0 Å². The van der Waals surface area contributed by atoms with E-state index in [2.05, 4.69) is 4.74 Å². The van der Waals surface area contributed by atoms with E-state index in [4.69, 9.17) is 5.11 Å². The molecule has 0 aliphatic carbocycles. The number of hydrogen-bond acceptors (Lipinski definition) is 2. The Morgan fingerprint density at radius 2 is 2.25 bits per heavy atom. The third kappa shape index (κ3) is 1.74. The molecule has 1 atom stereocenters. The molecule has 0 spiro atoms. The Bertz CT molecular complexity index is 89.3. The number of carbonyl (C=O) groups is 1. The first-order valence-electron chi connectivity index (χ1n) is 2.15. The first-order valence-corrected chi connectivity index (χ1v) is 2.15. The third-order valence-electron chi connectivity index (χ3n) is 0.975. The molecule has 42 valence electrons. The Hall–Kier alpha value is 0.430. The number of carboxylic acid groups (broad SMARTS) is 1. The Labute approximate surface area is 69.3 Å². The summed E-state index contributed by atoms with van der Waals surface area (Å²) in [5.41, 5.74) is 0. The van der Waals surface area contributed by atoms with Crippen molar-refractivity contribution in [2.75, 3.05) is 6.61 Å². The van der Waals surface area contributed by atoms with Crippen LogP contribution >= 0.6 is 0 Å². The van der Waals surface area contributed by atoms with Gasteiger partial charge in [0.05, 0.1) is 6.61 Å². The van der Waals surface area contributed by atoms with Gasteiger partial charge in [0.2, 0.25) is 0 Å². The van der Waals surface area contributed by atoms with E-state index in [1.165, 1.54) is 0 Å². The number of aliphatic carboxylic acids is 1. The fourth-order valence-corrected chi connectivity index (χ4v) is 0.430. The second kappa shape index (κ2) is 3.45. The van der Waals surface area contributed by atoms with Crippen molar-refractivity contribution in [3.05, 3.63) is 0 Å². The molecule has 1 saturated heterocycles. The molecular formula is C4H7NaO3. The zero-order valence-corrected chi connectivity index (χ0v) is 3.76. The fraction of sp³-hybridized carbons (Fsp3) is 0.750. The molecule has 3 nitrogen and oxygen atoms in total. The van der Waals surface area contributed by atoms with Gasteiger partial charge in [0, 0.05) is 6.42 Å². The second-order valence-corrected chi connectivity index (χ2v) is 1.49. The van der Waals surface area contributed by atoms with E-state index in [-0.39, 0.29) is 29.6 Å². The SMILES string of the molecule is O=C(O)[C@H]1CCO1.[NaH]. The van der Waals surface area contributed by atoms with Crippen molar-refractivity contribution in [1.29, 1.82) is 0 Å². The standard InChI is InChI=1S/C4H6O3.Na.H/c5-4(6)3-1-2-7-3;;/h3H,1-2H2,(H,5,6);;/t3-;;/m1../s1. The van der Waals surface area contributed by atoms with Crippen molar-refractivity contribution in [1.82, 2.24) is 0 Å². The van der Waals surface area contributed by atoms with Crippen molar-refractivity contribution in [3.8, 4) is 0 Å². The van der Waals surface area contributed by atoms with Crippen LogP contribution in [0.5, 0.6) is 0 Å². The van der Waals surface area contributed by atoms with Crippen molar-refractivity contribution in [2.45, 2.75) is 12.5 Å². The van der Waals surface area contributed by atoms with E-state index in [1.807, 2.05) is 0 Å². The summed E-state index contributed by atoms with van der Waals surface area (Å²) in [5, 5.41) is 8.11. The van der Waals surface area contributed by atoms with Gasteiger partial charge in [-0.3, -0.25) is 0 Å². The summed E-state index contributed by atoms with van der Waals surface area (Å²) in [4.78, 5) is 9.86. The molecule has 0 aromatic carbocycles. The summed E-state index contributed by atoms with van der Waals surface area (Å²) >= 11 is 0. The van der Waals surface area contributed by atoms with Crippen molar-refractivity contribution in [2.24, 2.45) is 0 Å². The molecule has 0 amide bonds. The maximum absolute atomic E-state index is 9.86. The number of carboxylic acids is 1. The van der Waals surface area contributed by atoms with Crippen LogP contribution < -0.4 is 0 Å². The number of hydrogen-bond donors (Lipinski definition) is 1. The van der Waals surface area contributed by atoms with Crippen LogP contribution in [-0.2, 0) is 9.53 Å². The number of ether oxygens (including phenoxy) is 1. The van der Waals surface area contributed by atoms with Gasteiger partial charge in [0.1, 0.15) is 0 Å². The van der Waals surface area contributed by atoms with Gasteiger partial charge in [0.25, 0.3) is 0 Å². The van der Waals surface area contributed by atoms with E-state index in [0.717, 1.165) is 0 Å². The predicted molar refractivity (Wildman–Crippen MR) is 29.1 cm³/mol. The van der Waals surface area contributed by atoms with Crippen LogP contribution in [0.4, 0.5) is 0 Å². The summed E-state index contributed by atoms with van der Waals surface area (Å²) in [6, 6.07) is 0. The molecule has 1 N–H and O–H groups in total. The zero-order chi connectivity index (χ0) is 5.28. The maximum atomic E-state index is 9.86. The second-order valence-electron chi connectivity index (χ2n) is 1.49. The molecule has 8 heavy (non-hydrogen) atoms. The minimum atomic E-state index is -0.841. The van der Waals surface area contributed by atoms with Crippen LogP contribution in [0.3, 0.4) is 0 Å². The van der Waals surface area contributed by atoms with Gasteiger partial charge < -0.3 is 9.84 Å². The van der Waals surface area contributed by atoms with E-state index >= 15 is 0 Å². The average molecular weight is 126 g/mol. The van der Waals surface area contributed by atoms with E-state index in [9.17, 15) is 4.79 Å². The van der Waals surface area contributed by atoms with Crippen LogP contribution in [0.25, 0.3) is 0 Å². The molecule has 1 aliphatic rings. The van der Waals surface area contributed by atoms with Crippen LogP contribution in [0.15, 0.2) is 0 Å². The van der Waals surface area contributed by atoms with E-state index < -0.39 is 12.1 Å². The van der Waals surface area contributed by atoms with Gasteiger partial charge in [-0.05, 0) is 0 Å². The monoisotopic (exact) mass is 126 g/mol. The van der Waals surface area contributed by atoms with Gasteiger partial charge >= 0.3 is 35.5 Å². The summed E-state index contributed by atoms with van der Waals surface area (Å²) in [7, 11) is 0. The zero-order valence-electron chi connectivity index (χ0n) is 3.76. The Morgan fingerprint density at radius 1 is 1.75 bits per heavy atom. The molecule has 4 heteroatoms. The summed E-state index contributed by atoms with van der Waals surface area (Å²) < 4.78 is 4.59. The molecule has 1 fully saturated rings. The van der Waals surface area contributed by atoms with Crippen LogP contribution in [-0.4, -0.2) is 53.3 Å². The molecule has 1 rings (SSSR count). The van der Waals surface area contributed by atoms with E-state index in [1.54, 1.807) is 0 Å². The van der Waals surface area contributed by atoms with Gasteiger partial charge in [-0.2, -0.15) is 0 Å². The fourth-order valence-electron chi connectivity index (χ4n) is 0.430. The molecule has 0 aromatic rings. The molecule has 0 unspecified atom stereocenters. The molecule has 0 bridgehead atoms. The molecule has 1 aliphatic heterocycles. The predicted octanol–water partition coefficient (Wildman–Crippen LogP) is -0.789. The Morgan fingerprint density at radius 3 is 2.25 bits per heavy atom. The molecule has 0 saturated carbocycles. The van der Waals surface area contributed by atoms with Crippen LogP contribution in [0.2, 0.25) is 0 Å². The molecule has 0 aromatic heterocycles. The minimum absolute atomic E-state index is 0. The average Bonchev–Trinajstić information content (AvgIpc) is 1.23. The van der Waals surface area contributed by atoms with Gasteiger partial charge in [-0.1, -0.05) is 0 Å². The first kappa shape index (κ1) is 8.43. The van der Waals surface area contributed by atoms with Crippen molar-refractivity contribution >= 4 is 35.5 Å². The molecule has 0 radical (unpaired) electrons. The topological polar surface area (TPSA) is 46.5 Å². The normalized spacial score (nSPS) is 25.2. The summed E-state index contributed by atoms with van der Waals surface area (Å²) in [6.45, 7) is 0.608. The van der Waals surface area contributed by atoms with Crippen molar-refractivity contribution in [3.63, 3.8) is 0 Å². The quantitative estimate of drug-likeness (QED) is 0.468. The van der Waals surface area contributed by atoms with Crippen molar-refractivity contribution < 1.29 is 14.6 Å². The number of rotatable bonds is 1. The summed E-state index contributed by atoms with van der Waals surface area (Å²) in [5.74, 6) is -0.841. The molecular weight excluding hydrogens is 119 g/mol. The van der Waals surface area contributed by atoms with Gasteiger partial charge in [-0.25, -0.2) is 4.79 Å². The summed E-state index contributed by atoms with van der Waals surface area (Å²) in [6.07, 6.45) is 0.176. The first-order chi connectivity index (χ1) is 3.30. The van der Waals surface area contributed by atoms with Gasteiger partial charge in [0.15, 0.2) is 6.10 Å². The third-order valence-corrected chi connectivity index (χ3v) is 0.975.